The Hall–Kier alpha value is -1.43. The summed E-state index contributed by atoms with van der Waals surface area (Å²) in [4.78, 5) is 28.7. The predicted molar refractivity (Wildman–Crippen MR) is 66.3 cm³/mol. The molecule has 1 aromatic heterocycles. The lowest BCUT2D eigenvalue weighted by Gasteiger charge is -2.17. The molecule has 0 aliphatic carbocycles. The largest absolute Gasteiger partial charge is 0.369 e. The number of hydrogen-bond donors (Lipinski definition) is 1. The van der Waals surface area contributed by atoms with Crippen LogP contribution in [-0.2, 0) is 9.59 Å². The molecule has 1 atom stereocenters. The minimum absolute atomic E-state index is 0.0971. The van der Waals surface area contributed by atoms with Crippen LogP contribution in [0.5, 0.6) is 0 Å². The Morgan fingerprint density at radius 3 is 2.82 bits per heavy atom. The molecule has 2 N–H and O–H groups in total. The first-order valence-electron chi connectivity index (χ1n) is 5.22. The van der Waals surface area contributed by atoms with Crippen LogP contribution in [0.1, 0.15) is 12.1 Å². The number of pyridine rings is 1. The molecule has 0 bridgehead atoms. The summed E-state index contributed by atoms with van der Waals surface area (Å²) in [5, 5.41) is 0. The number of primary amides is 1. The van der Waals surface area contributed by atoms with Crippen LogP contribution in [0.15, 0.2) is 16.7 Å². The topological polar surface area (TPSA) is 76.3 Å². The normalized spacial score (nSPS) is 19.8. The second kappa shape index (κ2) is 4.44. The number of aryl methyl sites for hydroxylation is 1. The summed E-state index contributed by atoms with van der Waals surface area (Å²) in [6, 6.07) is 3.64. The van der Waals surface area contributed by atoms with Crippen molar-refractivity contribution in [3.05, 3.63) is 22.4 Å². The van der Waals surface area contributed by atoms with E-state index in [-0.39, 0.29) is 12.3 Å². The number of carbonyl (C=O) groups excluding carboxylic acids is 2. The SMILES string of the molecule is Cc1ccc(N2CC(C(N)=O)CC2=O)c(Br)n1. The standard InChI is InChI=1S/C11H12BrN3O2/c1-6-2-3-8(10(12)14-6)15-5-7(11(13)17)4-9(15)16/h2-3,7H,4-5H2,1H3,(H2,13,17). The quantitative estimate of drug-likeness (QED) is 0.827. The van der Waals surface area contributed by atoms with Crippen molar-refractivity contribution in [1.82, 2.24) is 4.98 Å². The summed E-state index contributed by atoms with van der Waals surface area (Å²) in [5.41, 5.74) is 6.76. The van der Waals surface area contributed by atoms with Gasteiger partial charge in [0.2, 0.25) is 11.8 Å². The first kappa shape index (κ1) is 12.0. The first-order valence-corrected chi connectivity index (χ1v) is 6.01. The number of halogens is 1. The molecular formula is C11H12BrN3O2. The second-order valence-corrected chi connectivity index (χ2v) is 4.82. The Bertz CT molecular complexity index is 490. The molecule has 1 saturated heterocycles. The summed E-state index contributed by atoms with van der Waals surface area (Å²) in [6.07, 6.45) is 0.176. The third-order valence-electron chi connectivity index (χ3n) is 2.79. The maximum Gasteiger partial charge on any atom is 0.227 e. The fourth-order valence-corrected chi connectivity index (χ4v) is 2.48. The number of aromatic nitrogens is 1. The van der Waals surface area contributed by atoms with E-state index < -0.39 is 11.8 Å². The van der Waals surface area contributed by atoms with Gasteiger partial charge in [-0.3, -0.25) is 9.59 Å². The summed E-state index contributed by atoms with van der Waals surface area (Å²) in [6.45, 7) is 2.20. The average molecular weight is 298 g/mol. The van der Waals surface area contributed by atoms with E-state index in [2.05, 4.69) is 20.9 Å². The van der Waals surface area contributed by atoms with E-state index in [4.69, 9.17) is 5.73 Å². The van der Waals surface area contributed by atoms with Gasteiger partial charge < -0.3 is 10.6 Å². The smallest absolute Gasteiger partial charge is 0.227 e. The van der Waals surface area contributed by atoms with Gasteiger partial charge in [-0.15, -0.1) is 0 Å². The molecular weight excluding hydrogens is 286 g/mol. The monoisotopic (exact) mass is 297 g/mol. The fourth-order valence-electron chi connectivity index (χ4n) is 1.85. The van der Waals surface area contributed by atoms with Crippen molar-refractivity contribution in [2.24, 2.45) is 11.7 Å². The van der Waals surface area contributed by atoms with Gasteiger partial charge in [-0.25, -0.2) is 4.98 Å². The van der Waals surface area contributed by atoms with Crippen LogP contribution < -0.4 is 10.6 Å². The molecule has 90 valence electrons. The van der Waals surface area contributed by atoms with Gasteiger partial charge in [-0.2, -0.15) is 0 Å². The second-order valence-electron chi connectivity index (χ2n) is 4.07. The van der Waals surface area contributed by atoms with Gasteiger partial charge in [0.1, 0.15) is 4.60 Å². The number of amides is 2. The molecule has 1 aliphatic heterocycles. The zero-order chi connectivity index (χ0) is 12.6. The van der Waals surface area contributed by atoms with Gasteiger partial charge in [0.05, 0.1) is 11.6 Å². The van der Waals surface area contributed by atoms with E-state index >= 15 is 0 Å². The Labute approximate surface area is 107 Å². The number of rotatable bonds is 2. The van der Waals surface area contributed by atoms with Crippen molar-refractivity contribution in [3.63, 3.8) is 0 Å². The molecule has 0 radical (unpaired) electrons. The Balaban J connectivity index is 2.29. The molecule has 6 heteroatoms. The van der Waals surface area contributed by atoms with Gasteiger partial charge in [0, 0.05) is 18.7 Å². The van der Waals surface area contributed by atoms with E-state index in [0.29, 0.717) is 16.8 Å². The first-order chi connectivity index (χ1) is 7.99. The molecule has 0 aromatic carbocycles. The van der Waals surface area contributed by atoms with E-state index in [1.807, 2.05) is 19.1 Å². The third-order valence-corrected chi connectivity index (χ3v) is 3.37. The lowest BCUT2D eigenvalue weighted by Crippen LogP contribution is -2.28. The summed E-state index contributed by atoms with van der Waals surface area (Å²) in [7, 11) is 0. The lowest BCUT2D eigenvalue weighted by molar-refractivity contribution is -0.123. The maximum atomic E-state index is 11.8. The average Bonchev–Trinajstić information content (AvgIpc) is 2.61. The maximum absolute atomic E-state index is 11.8. The summed E-state index contributed by atoms with van der Waals surface area (Å²) < 4.78 is 0.607. The zero-order valence-corrected chi connectivity index (χ0v) is 10.9. The van der Waals surface area contributed by atoms with Crippen LogP contribution >= 0.6 is 15.9 Å². The van der Waals surface area contributed by atoms with Crippen LogP contribution in [0.3, 0.4) is 0 Å². The highest BCUT2D eigenvalue weighted by molar-refractivity contribution is 9.10. The van der Waals surface area contributed by atoms with Gasteiger partial charge in [-0.05, 0) is 35.0 Å². The Kier molecular flexibility index (Phi) is 3.15. The molecule has 1 unspecified atom stereocenters. The van der Waals surface area contributed by atoms with Gasteiger partial charge in [0.25, 0.3) is 0 Å². The molecule has 1 aromatic rings. The Morgan fingerprint density at radius 2 is 2.29 bits per heavy atom. The summed E-state index contributed by atoms with van der Waals surface area (Å²) in [5.74, 6) is -0.937. The number of nitrogens with two attached hydrogens (primary N) is 1. The minimum Gasteiger partial charge on any atom is -0.369 e. The number of nitrogens with zero attached hydrogens (tertiary/aromatic N) is 2. The van der Waals surface area contributed by atoms with Gasteiger partial charge in [-0.1, -0.05) is 0 Å². The highest BCUT2D eigenvalue weighted by atomic mass is 79.9. The number of carbonyl (C=O) groups is 2. The molecule has 0 saturated carbocycles. The van der Waals surface area contributed by atoms with Gasteiger partial charge >= 0.3 is 0 Å². The van der Waals surface area contributed by atoms with Crippen molar-refractivity contribution >= 4 is 33.4 Å². The lowest BCUT2D eigenvalue weighted by atomic mass is 10.1. The molecule has 17 heavy (non-hydrogen) atoms. The van der Waals surface area contributed by atoms with Crippen LogP contribution in [-0.4, -0.2) is 23.3 Å². The van der Waals surface area contributed by atoms with Crippen molar-refractivity contribution < 1.29 is 9.59 Å². The third kappa shape index (κ3) is 2.31. The van der Waals surface area contributed by atoms with E-state index in [9.17, 15) is 9.59 Å². The highest BCUT2D eigenvalue weighted by Crippen LogP contribution is 2.30. The van der Waals surface area contributed by atoms with Crippen LogP contribution in [0, 0.1) is 12.8 Å². The van der Waals surface area contributed by atoms with E-state index in [1.54, 1.807) is 4.90 Å². The highest BCUT2D eigenvalue weighted by Gasteiger charge is 2.34. The Morgan fingerprint density at radius 1 is 1.59 bits per heavy atom. The van der Waals surface area contributed by atoms with Crippen molar-refractivity contribution in [1.29, 1.82) is 0 Å². The number of hydrogen-bond acceptors (Lipinski definition) is 3. The van der Waals surface area contributed by atoms with E-state index in [1.165, 1.54) is 0 Å². The predicted octanol–water partition coefficient (Wildman–Crippen LogP) is 0.991. The minimum atomic E-state index is -0.433. The molecule has 2 amide bonds. The van der Waals surface area contributed by atoms with Crippen molar-refractivity contribution in [2.45, 2.75) is 13.3 Å². The van der Waals surface area contributed by atoms with Crippen molar-refractivity contribution in [2.75, 3.05) is 11.4 Å². The van der Waals surface area contributed by atoms with E-state index in [0.717, 1.165) is 5.69 Å². The molecule has 1 fully saturated rings. The van der Waals surface area contributed by atoms with Gasteiger partial charge in [0.15, 0.2) is 0 Å². The fraction of sp³-hybridized carbons (Fsp3) is 0.364. The zero-order valence-electron chi connectivity index (χ0n) is 9.31. The summed E-state index contributed by atoms with van der Waals surface area (Å²) >= 11 is 3.32. The van der Waals surface area contributed by atoms with Crippen LogP contribution in [0.25, 0.3) is 0 Å². The molecule has 2 rings (SSSR count). The molecule has 2 heterocycles. The van der Waals surface area contributed by atoms with Crippen LogP contribution in [0.4, 0.5) is 5.69 Å². The van der Waals surface area contributed by atoms with Crippen molar-refractivity contribution in [3.8, 4) is 0 Å². The molecule has 0 spiro atoms. The van der Waals surface area contributed by atoms with Crippen LogP contribution in [0.2, 0.25) is 0 Å². The molecule has 1 aliphatic rings. The number of anilines is 1. The molecule has 5 nitrogen and oxygen atoms in total.